The number of hydrogen-bond donors (Lipinski definition) is 2. The van der Waals surface area contributed by atoms with Crippen molar-refractivity contribution in [2.24, 2.45) is 0 Å². The molecule has 1 fully saturated rings. The quantitative estimate of drug-likeness (QED) is 0.677. The number of nitrogens with one attached hydrogen (secondary N) is 2. The average Bonchev–Trinajstić information content (AvgIpc) is 2.74. The van der Waals surface area contributed by atoms with Gasteiger partial charge in [0.25, 0.3) is 0 Å². The number of carbonyl (C=O) groups is 1. The molecule has 2 N–H and O–H groups in total. The molecule has 2 amide bonds. The second kappa shape index (κ2) is 10.3. The van der Waals surface area contributed by atoms with Crippen LogP contribution in [0, 0.1) is 0 Å². The zero-order valence-electron chi connectivity index (χ0n) is 16.8. The number of nitrogens with zero attached hydrogens (tertiary/aromatic N) is 1. The lowest BCUT2D eigenvalue weighted by Gasteiger charge is -2.26. The van der Waals surface area contributed by atoms with E-state index in [4.69, 9.17) is 16.3 Å². The number of urea groups is 1. The molecular formula is C21H26ClN3O4S. The van der Waals surface area contributed by atoms with Crippen LogP contribution >= 0.6 is 11.6 Å². The number of sulfonamides is 1. The van der Waals surface area contributed by atoms with E-state index in [1.165, 1.54) is 4.31 Å². The van der Waals surface area contributed by atoms with Gasteiger partial charge in [0.1, 0.15) is 0 Å². The molecule has 0 aliphatic carbocycles. The molecule has 1 heterocycles. The third-order valence-electron chi connectivity index (χ3n) is 4.98. The summed E-state index contributed by atoms with van der Waals surface area (Å²) in [5, 5.41) is 6.24. The van der Waals surface area contributed by atoms with Gasteiger partial charge in [-0.25, -0.2) is 13.2 Å². The number of amides is 2. The van der Waals surface area contributed by atoms with E-state index in [9.17, 15) is 13.2 Å². The predicted molar refractivity (Wildman–Crippen MR) is 117 cm³/mol. The summed E-state index contributed by atoms with van der Waals surface area (Å²) < 4.78 is 32.2. The van der Waals surface area contributed by atoms with E-state index in [1.54, 1.807) is 18.2 Å². The first-order chi connectivity index (χ1) is 14.4. The van der Waals surface area contributed by atoms with Crippen LogP contribution in [0.2, 0.25) is 5.02 Å². The van der Waals surface area contributed by atoms with Crippen LogP contribution < -0.4 is 10.6 Å². The van der Waals surface area contributed by atoms with Gasteiger partial charge in [0.05, 0.1) is 25.0 Å². The molecule has 2 aromatic rings. The molecule has 9 heteroatoms. The molecule has 0 aromatic heterocycles. The van der Waals surface area contributed by atoms with Crippen molar-refractivity contribution in [1.29, 1.82) is 0 Å². The van der Waals surface area contributed by atoms with Crippen molar-refractivity contribution in [2.75, 3.05) is 26.3 Å². The van der Waals surface area contributed by atoms with Gasteiger partial charge in [-0.05, 0) is 29.7 Å². The molecule has 0 bridgehead atoms. The standard InChI is InChI=1S/C21H26ClN3O4S/c1-16(19-8-4-5-9-20(19)22)24-21(26)23-14-17-6-2-3-7-18(17)15-30(27,28)25-10-12-29-13-11-25/h2-9,16H,10-15H2,1H3,(H2,23,24,26). The number of morpholine rings is 1. The van der Waals surface area contributed by atoms with Crippen molar-refractivity contribution in [2.45, 2.75) is 25.3 Å². The van der Waals surface area contributed by atoms with E-state index in [-0.39, 0.29) is 24.4 Å². The fraction of sp³-hybridized carbons (Fsp3) is 0.381. The summed E-state index contributed by atoms with van der Waals surface area (Å²) in [6.07, 6.45) is 0. The highest BCUT2D eigenvalue weighted by Crippen LogP contribution is 2.22. The van der Waals surface area contributed by atoms with Gasteiger partial charge >= 0.3 is 6.03 Å². The van der Waals surface area contributed by atoms with Crippen LogP contribution in [0.5, 0.6) is 0 Å². The Balaban J connectivity index is 1.61. The summed E-state index contributed by atoms with van der Waals surface area (Å²) in [6, 6.07) is 13.9. The molecule has 0 saturated carbocycles. The zero-order chi connectivity index (χ0) is 21.6. The minimum Gasteiger partial charge on any atom is -0.379 e. The molecule has 0 spiro atoms. The topological polar surface area (TPSA) is 87.7 Å². The molecule has 30 heavy (non-hydrogen) atoms. The van der Waals surface area contributed by atoms with E-state index >= 15 is 0 Å². The molecule has 1 saturated heterocycles. The zero-order valence-corrected chi connectivity index (χ0v) is 18.4. The predicted octanol–water partition coefficient (Wildman–Crippen LogP) is 3.06. The van der Waals surface area contributed by atoms with Crippen molar-refractivity contribution in [3.8, 4) is 0 Å². The van der Waals surface area contributed by atoms with Crippen LogP contribution in [0.25, 0.3) is 0 Å². The number of ether oxygens (including phenoxy) is 1. The van der Waals surface area contributed by atoms with E-state index in [0.29, 0.717) is 36.9 Å². The largest absolute Gasteiger partial charge is 0.379 e. The number of hydrogen-bond acceptors (Lipinski definition) is 4. The van der Waals surface area contributed by atoms with Crippen LogP contribution in [0.4, 0.5) is 4.79 Å². The second-order valence-electron chi connectivity index (χ2n) is 7.11. The SMILES string of the molecule is CC(NC(=O)NCc1ccccc1CS(=O)(=O)N1CCOCC1)c1ccccc1Cl. The van der Waals surface area contributed by atoms with Crippen molar-refractivity contribution < 1.29 is 17.9 Å². The lowest BCUT2D eigenvalue weighted by molar-refractivity contribution is 0.0729. The Bertz CT molecular complexity index is 978. The van der Waals surface area contributed by atoms with Gasteiger partial charge < -0.3 is 15.4 Å². The minimum absolute atomic E-state index is 0.109. The highest BCUT2D eigenvalue weighted by Gasteiger charge is 2.25. The molecule has 3 rings (SSSR count). The summed E-state index contributed by atoms with van der Waals surface area (Å²) in [5.41, 5.74) is 2.25. The Morgan fingerprint density at radius 1 is 1.10 bits per heavy atom. The summed E-state index contributed by atoms with van der Waals surface area (Å²) in [4.78, 5) is 12.3. The number of halogens is 1. The van der Waals surface area contributed by atoms with Crippen LogP contribution in [0.1, 0.15) is 29.7 Å². The van der Waals surface area contributed by atoms with E-state index < -0.39 is 10.0 Å². The normalized spacial score (nSPS) is 16.1. The number of rotatable bonds is 7. The lowest BCUT2D eigenvalue weighted by Crippen LogP contribution is -2.41. The minimum atomic E-state index is -3.45. The van der Waals surface area contributed by atoms with Gasteiger partial charge in [-0.1, -0.05) is 54.1 Å². The molecule has 1 aliphatic heterocycles. The smallest absolute Gasteiger partial charge is 0.315 e. The fourth-order valence-electron chi connectivity index (χ4n) is 3.31. The van der Waals surface area contributed by atoms with Crippen LogP contribution in [-0.2, 0) is 27.1 Å². The summed E-state index contributed by atoms with van der Waals surface area (Å²) in [7, 11) is -3.45. The molecule has 1 unspecified atom stereocenters. The third-order valence-corrected chi connectivity index (χ3v) is 7.15. The van der Waals surface area contributed by atoms with Crippen molar-refractivity contribution in [3.63, 3.8) is 0 Å². The van der Waals surface area contributed by atoms with E-state index in [2.05, 4.69) is 10.6 Å². The first-order valence-electron chi connectivity index (χ1n) is 9.78. The Morgan fingerprint density at radius 3 is 2.43 bits per heavy atom. The van der Waals surface area contributed by atoms with Crippen LogP contribution in [0.15, 0.2) is 48.5 Å². The number of benzene rings is 2. The molecule has 0 radical (unpaired) electrons. The molecule has 1 aliphatic rings. The van der Waals surface area contributed by atoms with Crippen LogP contribution in [-0.4, -0.2) is 45.1 Å². The van der Waals surface area contributed by atoms with Crippen molar-refractivity contribution in [3.05, 3.63) is 70.2 Å². The maximum atomic E-state index is 12.7. The molecular weight excluding hydrogens is 426 g/mol. The van der Waals surface area contributed by atoms with Gasteiger partial charge in [0.15, 0.2) is 0 Å². The van der Waals surface area contributed by atoms with Gasteiger partial charge in [-0.2, -0.15) is 4.31 Å². The Labute approximate surface area is 182 Å². The Morgan fingerprint density at radius 2 is 1.73 bits per heavy atom. The summed E-state index contributed by atoms with van der Waals surface area (Å²) in [5.74, 6) is -0.109. The molecule has 162 valence electrons. The maximum absolute atomic E-state index is 12.7. The monoisotopic (exact) mass is 451 g/mol. The third kappa shape index (κ3) is 5.95. The highest BCUT2D eigenvalue weighted by molar-refractivity contribution is 7.88. The lowest BCUT2D eigenvalue weighted by atomic mass is 10.1. The first-order valence-corrected chi connectivity index (χ1v) is 11.8. The fourth-order valence-corrected chi connectivity index (χ4v) is 5.17. The Kier molecular flexibility index (Phi) is 7.71. The molecule has 7 nitrogen and oxygen atoms in total. The van der Waals surface area contributed by atoms with Gasteiger partial charge in [-0.15, -0.1) is 0 Å². The Hall–Kier alpha value is -2.13. The van der Waals surface area contributed by atoms with Gasteiger partial charge in [0, 0.05) is 24.7 Å². The summed E-state index contributed by atoms with van der Waals surface area (Å²) >= 11 is 6.18. The van der Waals surface area contributed by atoms with E-state index in [0.717, 1.165) is 11.1 Å². The van der Waals surface area contributed by atoms with Crippen LogP contribution in [0.3, 0.4) is 0 Å². The first kappa shape index (κ1) is 22.6. The summed E-state index contributed by atoms with van der Waals surface area (Å²) in [6.45, 7) is 3.62. The van der Waals surface area contributed by atoms with E-state index in [1.807, 2.05) is 37.3 Å². The number of carbonyl (C=O) groups excluding carboxylic acids is 1. The van der Waals surface area contributed by atoms with Gasteiger partial charge in [-0.3, -0.25) is 0 Å². The molecule has 2 aromatic carbocycles. The van der Waals surface area contributed by atoms with Crippen molar-refractivity contribution >= 4 is 27.7 Å². The van der Waals surface area contributed by atoms with Crippen molar-refractivity contribution in [1.82, 2.24) is 14.9 Å². The second-order valence-corrected chi connectivity index (χ2v) is 9.48. The molecule has 1 atom stereocenters. The maximum Gasteiger partial charge on any atom is 0.315 e. The average molecular weight is 452 g/mol. The van der Waals surface area contributed by atoms with Gasteiger partial charge in [0.2, 0.25) is 10.0 Å². The highest BCUT2D eigenvalue weighted by atomic mass is 35.5.